The zero-order valence-corrected chi connectivity index (χ0v) is 10.5. The number of rotatable bonds is 5. The van der Waals surface area contributed by atoms with Crippen molar-refractivity contribution in [3.05, 3.63) is 29.3 Å². The van der Waals surface area contributed by atoms with Crippen LogP contribution in [0.15, 0.2) is 12.1 Å². The SMILES string of the molecule is CCC(CC)COC(=O)c1c(F)ccc(N)c1F. The van der Waals surface area contributed by atoms with Gasteiger partial charge in [0, 0.05) is 0 Å². The molecule has 1 aromatic carbocycles. The van der Waals surface area contributed by atoms with E-state index >= 15 is 0 Å². The number of ether oxygens (including phenoxy) is 1. The van der Waals surface area contributed by atoms with E-state index in [1.54, 1.807) is 0 Å². The molecule has 100 valence electrons. The maximum Gasteiger partial charge on any atom is 0.344 e. The minimum absolute atomic E-state index is 0.152. The third kappa shape index (κ3) is 3.18. The zero-order valence-electron chi connectivity index (χ0n) is 10.5. The number of anilines is 1. The molecule has 0 saturated carbocycles. The molecule has 0 fully saturated rings. The van der Waals surface area contributed by atoms with E-state index in [-0.39, 0.29) is 18.2 Å². The lowest BCUT2D eigenvalue weighted by Gasteiger charge is -2.13. The Morgan fingerprint density at radius 2 is 1.94 bits per heavy atom. The number of carbonyl (C=O) groups excluding carboxylic acids is 1. The highest BCUT2D eigenvalue weighted by atomic mass is 19.1. The molecule has 18 heavy (non-hydrogen) atoms. The molecule has 1 rings (SSSR count). The molecule has 0 aliphatic rings. The average molecular weight is 257 g/mol. The van der Waals surface area contributed by atoms with Crippen molar-refractivity contribution >= 4 is 11.7 Å². The van der Waals surface area contributed by atoms with Crippen LogP contribution in [0.25, 0.3) is 0 Å². The number of hydrogen-bond donors (Lipinski definition) is 1. The number of benzene rings is 1. The second-order valence-corrected chi connectivity index (χ2v) is 4.11. The van der Waals surface area contributed by atoms with E-state index in [1.807, 2.05) is 13.8 Å². The molecule has 0 bridgehead atoms. The molecule has 5 heteroatoms. The number of esters is 1. The molecule has 0 aliphatic heterocycles. The summed E-state index contributed by atoms with van der Waals surface area (Å²) < 4.78 is 31.8. The summed E-state index contributed by atoms with van der Waals surface area (Å²) in [6.07, 6.45) is 1.68. The van der Waals surface area contributed by atoms with Gasteiger partial charge in [-0.3, -0.25) is 0 Å². The number of nitrogens with two attached hydrogens (primary N) is 1. The van der Waals surface area contributed by atoms with E-state index in [0.29, 0.717) is 0 Å². The van der Waals surface area contributed by atoms with Gasteiger partial charge in [0.15, 0.2) is 5.82 Å². The predicted molar refractivity (Wildman–Crippen MR) is 65.1 cm³/mol. The Labute approximate surface area is 105 Å². The van der Waals surface area contributed by atoms with Crippen LogP contribution in [-0.2, 0) is 4.74 Å². The van der Waals surface area contributed by atoms with Crippen LogP contribution in [0.3, 0.4) is 0 Å². The van der Waals surface area contributed by atoms with E-state index in [4.69, 9.17) is 10.5 Å². The van der Waals surface area contributed by atoms with Crippen LogP contribution in [0.4, 0.5) is 14.5 Å². The first-order chi connectivity index (χ1) is 8.51. The minimum atomic E-state index is -1.07. The molecule has 0 amide bonds. The lowest BCUT2D eigenvalue weighted by molar-refractivity contribution is 0.0422. The topological polar surface area (TPSA) is 52.3 Å². The third-order valence-electron chi connectivity index (χ3n) is 2.93. The number of carbonyl (C=O) groups is 1. The average Bonchev–Trinajstić information content (AvgIpc) is 2.35. The van der Waals surface area contributed by atoms with Gasteiger partial charge in [-0.15, -0.1) is 0 Å². The zero-order chi connectivity index (χ0) is 13.7. The normalized spacial score (nSPS) is 10.7. The van der Waals surface area contributed by atoms with Crippen LogP contribution >= 0.6 is 0 Å². The first kappa shape index (κ1) is 14.4. The molecule has 0 spiro atoms. The van der Waals surface area contributed by atoms with Crippen molar-refractivity contribution < 1.29 is 18.3 Å². The Hall–Kier alpha value is -1.65. The summed E-state index contributed by atoms with van der Waals surface area (Å²) in [5, 5.41) is 0. The fraction of sp³-hybridized carbons (Fsp3) is 0.462. The van der Waals surface area contributed by atoms with Crippen molar-refractivity contribution in [1.29, 1.82) is 0 Å². The first-order valence-corrected chi connectivity index (χ1v) is 5.91. The van der Waals surface area contributed by atoms with E-state index in [1.165, 1.54) is 0 Å². The van der Waals surface area contributed by atoms with Crippen LogP contribution in [0, 0.1) is 17.6 Å². The van der Waals surface area contributed by atoms with E-state index < -0.39 is 23.2 Å². The van der Waals surface area contributed by atoms with Gasteiger partial charge in [-0.25, -0.2) is 13.6 Å². The number of nitrogen functional groups attached to an aromatic ring is 1. The van der Waals surface area contributed by atoms with Gasteiger partial charge >= 0.3 is 5.97 Å². The van der Waals surface area contributed by atoms with Crippen LogP contribution in [0.2, 0.25) is 0 Å². The molecule has 0 aliphatic carbocycles. The van der Waals surface area contributed by atoms with Gasteiger partial charge in [-0.2, -0.15) is 0 Å². The summed E-state index contributed by atoms with van der Waals surface area (Å²) in [6.45, 7) is 4.08. The lowest BCUT2D eigenvalue weighted by Crippen LogP contribution is -2.16. The van der Waals surface area contributed by atoms with Gasteiger partial charge in [0.1, 0.15) is 11.4 Å². The maximum absolute atomic E-state index is 13.5. The first-order valence-electron chi connectivity index (χ1n) is 5.91. The minimum Gasteiger partial charge on any atom is -0.462 e. The summed E-state index contributed by atoms with van der Waals surface area (Å²) >= 11 is 0. The summed E-state index contributed by atoms with van der Waals surface area (Å²) in [6, 6.07) is 2.02. The summed E-state index contributed by atoms with van der Waals surface area (Å²) in [5.74, 6) is -2.84. The fourth-order valence-electron chi connectivity index (χ4n) is 1.55. The highest BCUT2D eigenvalue weighted by Crippen LogP contribution is 2.20. The Kier molecular flexibility index (Phi) is 5.07. The molecule has 0 radical (unpaired) electrons. The van der Waals surface area contributed by atoms with Crippen molar-refractivity contribution in [1.82, 2.24) is 0 Å². The van der Waals surface area contributed by atoms with Gasteiger partial charge in [-0.1, -0.05) is 26.7 Å². The summed E-state index contributed by atoms with van der Waals surface area (Å²) in [7, 11) is 0. The molecule has 2 N–H and O–H groups in total. The molecular weight excluding hydrogens is 240 g/mol. The van der Waals surface area contributed by atoms with E-state index in [9.17, 15) is 13.6 Å². The van der Waals surface area contributed by atoms with Gasteiger partial charge < -0.3 is 10.5 Å². The highest BCUT2D eigenvalue weighted by Gasteiger charge is 2.21. The van der Waals surface area contributed by atoms with Gasteiger partial charge in [0.25, 0.3) is 0 Å². The Morgan fingerprint density at radius 1 is 1.33 bits per heavy atom. The van der Waals surface area contributed by atoms with E-state index in [2.05, 4.69) is 0 Å². The monoisotopic (exact) mass is 257 g/mol. The van der Waals surface area contributed by atoms with Crippen molar-refractivity contribution in [3.63, 3.8) is 0 Å². The Bertz CT molecular complexity index is 431. The number of hydrogen-bond acceptors (Lipinski definition) is 3. The van der Waals surface area contributed by atoms with E-state index in [0.717, 1.165) is 25.0 Å². The largest absolute Gasteiger partial charge is 0.462 e. The van der Waals surface area contributed by atoms with Crippen molar-refractivity contribution in [2.45, 2.75) is 26.7 Å². The standard InChI is InChI=1S/C13H17F2NO2/c1-3-8(4-2)7-18-13(17)11-9(14)5-6-10(16)12(11)15/h5-6,8H,3-4,7,16H2,1-2H3. The highest BCUT2D eigenvalue weighted by molar-refractivity contribution is 5.91. The molecular formula is C13H17F2NO2. The molecule has 0 atom stereocenters. The third-order valence-corrected chi connectivity index (χ3v) is 2.93. The summed E-state index contributed by atoms with van der Waals surface area (Å²) in [4.78, 5) is 11.6. The number of halogens is 2. The molecule has 3 nitrogen and oxygen atoms in total. The van der Waals surface area contributed by atoms with Gasteiger partial charge in [0.2, 0.25) is 0 Å². The van der Waals surface area contributed by atoms with Crippen LogP contribution < -0.4 is 5.73 Å². The molecule has 0 saturated heterocycles. The van der Waals surface area contributed by atoms with Gasteiger partial charge in [-0.05, 0) is 18.1 Å². The van der Waals surface area contributed by atoms with Crippen molar-refractivity contribution in [3.8, 4) is 0 Å². The smallest absolute Gasteiger partial charge is 0.344 e. The summed E-state index contributed by atoms with van der Waals surface area (Å²) in [5.41, 5.74) is 4.29. The Balaban J connectivity index is 2.82. The lowest BCUT2D eigenvalue weighted by atomic mass is 10.1. The second kappa shape index (κ2) is 6.33. The van der Waals surface area contributed by atoms with Crippen LogP contribution in [0.1, 0.15) is 37.0 Å². The molecule has 0 heterocycles. The Morgan fingerprint density at radius 3 is 2.50 bits per heavy atom. The molecule has 1 aromatic rings. The van der Waals surface area contributed by atoms with Crippen LogP contribution in [-0.4, -0.2) is 12.6 Å². The van der Waals surface area contributed by atoms with Gasteiger partial charge in [0.05, 0.1) is 12.3 Å². The molecule has 0 aromatic heterocycles. The van der Waals surface area contributed by atoms with Crippen LogP contribution in [0.5, 0.6) is 0 Å². The van der Waals surface area contributed by atoms with Crippen molar-refractivity contribution in [2.24, 2.45) is 5.92 Å². The quantitative estimate of drug-likeness (QED) is 0.651. The molecule has 0 unspecified atom stereocenters. The second-order valence-electron chi connectivity index (χ2n) is 4.11. The predicted octanol–water partition coefficient (Wildman–Crippen LogP) is 3.14. The van der Waals surface area contributed by atoms with Crippen molar-refractivity contribution in [2.75, 3.05) is 12.3 Å². The maximum atomic E-state index is 13.5. The fourth-order valence-corrected chi connectivity index (χ4v) is 1.55.